The van der Waals surface area contributed by atoms with Gasteiger partial charge in [0.05, 0.1) is 28.8 Å². The van der Waals surface area contributed by atoms with E-state index in [2.05, 4.69) is 10.3 Å². The molecule has 200 valence electrons. The number of aromatic nitrogens is 2. The number of methoxy groups -OCH3 is 1. The molecule has 0 aliphatic carbocycles. The molecule has 37 heavy (non-hydrogen) atoms. The maximum Gasteiger partial charge on any atom is 0.416 e. The molecular weight excluding hydrogens is 539 g/mol. The molecule has 2 aliphatic heterocycles. The second-order valence-electron chi connectivity index (χ2n) is 9.15. The molecule has 5 rings (SSSR count). The number of halogens is 6. The Labute approximate surface area is 216 Å². The fourth-order valence-corrected chi connectivity index (χ4v) is 7.92. The summed E-state index contributed by atoms with van der Waals surface area (Å²) in [5, 5.41) is 3.02. The van der Waals surface area contributed by atoms with Crippen LogP contribution in [0.15, 0.2) is 38.9 Å². The van der Waals surface area contributed by atoms with Gasteiger partial charge in [0.1, 0.15) is 17.5 Å². The maximum atomic E-state index is 15.1. The van der Waals surface area contributed by atoms with Crippen LogP contribution in [0.3, 0.4) is 0 Å². The van der Waals surface area contributed by atoms with Crippen LogP contribution >= 0.6 is 22.5 Å². The summed E-state index contributed by atoms with van der Waals surface area (Å²) >= 11 is 5.97. The lowest BCUT2D eigenvalue weighted by atomic mass is 10.1. The Morgan fingerprint density at radius 2 is 1.92 bits per heavy atom. The van der Waals surface area contributed by atoms with Gasteiger partial charge >= 0.3 is 11.9 Å². The molecule has 1 aromatic heterocycles. The van der Waals surface area contributed by atoms with Crippen LogP contribution in [0.5, 0.6) is 0 Å². The van der Waals surface area contributed by atoms with E-state index in [-0.39, 0.29) is 49.9 Å². The first-order valence-corrected chi connectivity index (χ1v) is 13.5. The monoisotopic (exact) mass is 562 g/mol. The second-order valence-corrected chi connectivity index (χ2v) is 11.7. The van der Waals surface area contributed by atoms with Crippen LogP contribution in [0.2, 0.25) is 5.02 Å². The van der Waals surface area contributed by atoms with Gasteiger partial charge in [-0.2, -0.15) is 29.1 Å². The van der Waals surface area contributed by atoms with Crippen molar-refractivity contribution < 1.29 is 26.7 Å². The highest BCUT2D eigenvalue weighted by molar-refractivity contribution is 8.17. The van der Waals surface area contributed by atoms with Gasteiger partial charge in [-0.25, -0.2) is 13.6 Å². The predicted octanol–water partition coefficient (Wildman–Crippen LogP) is 4.59. The predicted molar refractivity (Wildman–Crippen MR) is 133 cm³/mol. The van der Waals surface area contributed by atoms with Crippen molar-refractivity contribution in [2.75, 3.05) is 37.4 Å². The van der Waals surface area contributed by atoms with Gasteiger partial charge in [0, 0.05) is 59.8 Å². The number of hydrogen-bond acceptors (Lipinski definition) is 5. The highest BCUT2D eigenvalue weighted by atomic mass is 35.5. The summed E-state index contributed by atoms with van der Waals surface area (Å²) in [6.07, 6.45) is -5.35. The first-order chi connectivity index (χ1) is 17.5. The maximum absolute atomic E-state index is 15.1. The number of nitrogens with zero attached hydrogens (tertiary/aromatic N) is 3. The number of anilines is 1. The smallest absolute Gasteiger partial charge is 0.379 e. The van der Waals surface area contributed by atoms with Crippen molar-refractivity contribution in [2.45, 2.75) is 41.6 Å². The van der Waals surface area contributed by atoms with E-state index in [1.54, 1.807) is 0 Å². The Morgan fingerprint density at radius 3 is 2.59 bits per heavy atom. The number of piperazine rings is 1. The third kappa shape index (κ3) is 4.68. The van der Waals surface area contributed by atoms with Gasteiger partial charge in [0.15, 0.2) is 0 Å². The van der Waals surface area contributed by atoms with Crippen molar-refractivity contribution in [3.8, 4) is 0 Å². The SMILES string of the molecule is COC1Cn2c(=O)nc(N3CCNCC3C)c3cc(C(F)(F)F)cc(c32)[SH](c2cc(Cl)c(F)cc2F)C1. The molecule has 0 spiro atoms. The molecule has 1 fully saturated rings. The zero-order valence-corrected chi connectivity index (χ0v) is 21.5. The van der Waals surface area contributed by atoms with E-state index in [0.717, 1.165) is 18.2 Å². The van der Waals surface area contributed by atoms with Crippen molar-refractivity contribution in [3.05, 3.63) is 57.0 Å². The number of rotatable bonds is 3. The van der Waals surface area contributed by atoms with Crippen molar-refractivity contribution in [3.63, 3.8) is 0 Å². The van der Waals surface area contributed by atoms with Crippen LogP contribution in [-0.2, 0) is 17.5 Å². The summed E-state index contributed by atoms with van der Waals surface area (Å²) in [7, 11) is -0.467. The normalized spacial score (nSPS) is 23.4. The van der Waals surface area contributed by atoms with E-state index in [1.807, 2.05) is 11.8 Å². The zero-order valence-electron chi connectivity index (χ0n) is 19.9. The summed E-state index contributed by atoms with van der Waals surface area (Å²) < 4.78 is 78.5. The summed E-state index contributed by atoms with van der Waals surface area (Å²) in [5.74, 6) is -1.64. The molecule has 0 radical (unpaired) electrons. The Bertz CT molecular complexity index is 1430. The van der Waals surface area contributed by atoms with Gasteiger partial charge in [-0.3, -0.25) is 4.57 Å². The van der Waals surface area contributed by atoms with Gasteiger partial charge in [-0.05, 0) is 25.1 Å². The van der Waals surface area contributed by atoms with Gasteiger partial charge in [-0.15, -0.1) is 0 Å². The van der Waals surface area contributed by atoms with Gasteiger partial charge in [0.2, 0.25) is 0 Å². The van der Waals surface area contributed by atoms with E-state index in [4.69, 9.17) is 16.3 Å². The average Bonchev–Trinajstić information content (AvgIpc) is 3.01. The van der Waals surface area contributed by atoms with Crippen LogP contribution in [0, 0.1) is 11.6 Å². The lowest BCUT2D eigenvalue weighted by Gasteiger charge is -2.36. The highest BCUT2D eigenvalue weighted by Gasteiger charge is 2.36. The molecule has 2 aliphatic rings. The summed E-state index contributed by atoms with van der Waals surface area (Å²) in [4.78, 5) is 19.5. The van der Waals surface area contributed by atoms with Crippen molar-refractivity contribution in [2.24, 2.45) is 0 Å². The molecule has 3 atom stereocenters. The van der Waals surface area contributed by atoms with E-state index in [0.29, 0.717) is 25.7 Å². The first-order valence-electron chi connectivity index (χ1n) is 11.6. The largest absolute Gasteiger partial charge is 0.416 e. The third-order valence-electron chi connectivity index (χ3n) is 6.81. The number of nitrogens with one attached hydrogen (secondary N) is 1. The molecule has 1 N–H and O–H groups in total. The van der Waals surface area contributed by atoms with Crippen LogP contribution in [0.1, 0.15) is 12.5 Å². The quantitative estimate of drug-likeness (QED) is 0.278. The summed E-state index contributed by atoms with van der Waals surface area (Å²) in [5.41, 5.74) is -1.33. The average molecular weight is 563 g/mol. The van der Waals surface area contributed by atoms with E-state index in [9.17, 15) is 22.4 Å². The Balaban J connectivity index is 1.89. The van der Waals surface area contributed by atoms with Gasteiger partial charge < -0.3 is 15.0 Å². The Morgan fingerprint density at radius 1 is 1.16 bits per heavy atom. The number of ether oxygens (including phenoxy) is 1. The van der Waals surface area contributed by atoms with Crippen LogP contribution < -0.4 is 15.9 Å². The van der Waals surface area contributed by atoms with E-state index < -0.39 is 46.1 Å². The molecule has 0 saturated carbocycles. The topological polar surface area (TPSA) is 59.4 Å². The van der Waals surface area contributed by atoms with Crippen LogP contribution in [0.25, 0.3) is 10.9 Å². The highest BCUT2D eigenvalue weighted by Crippen LogP contribution is 2.53. The molecule has 2 aromatic carbocycles. The molecule has 1 saturated heterocycles. The van der Waals surface area contributed by atoms with Crippen LogP contribution in [0.4, 0.5) is 27.8 Å². The minimum absolute atomic E-state index is 0.0149. The zero-order chi connectivity index (χ0) is 26.6. The molecule has 3 unspecified atom stereocenters. The molecule has 0 amide bonds. The fourth-order valence-electron chi connectivity index (χ4n) is 4.95. The van der Waals surface area contributed by atoms with Gasteiger partial charge in [-0.1, -0.05) is 11.6 Å². The van der Waals surface area contributed by atoms with E-state index >= 15 is 4.39 Å². The first kappa shape index (κ1) is 26.2. The fraction of sp³-hybridized carbons (Fsp3) is 0.417. The lowest BCUT2D eigenvalue weighted by Crippen LogP contribution is -2.51. The molecule has 3 aromatic rings. The third-order valence-corrected chi connectivity index (χ3v) is 9.72. The molecule has 0 bridgehead atoms. The van der Waals surface area contributed by atoms with Crippen LogP contribution in [-0.4, -0.2) is 54.2 Å². The second kappa shape index (κ2) is 9.72. The molecule has 3 heterocycles. The Kier molecular flexibility index (Phi) is 6.88. The molecule has 13 heteroatoms. The minimum atomic E-state index is -4.72. The molecular formula is C24H24ClF5N4O2S. The standard InChI is InChI=1S/C24H24ClF5N4O2S/c1-12-9-31-3-4-33(12)22-15-5-13(24(28,29)30)6-20-21(15)34(23(35)32-22)10-14(36-2)11-37(20)19-7-16(25)17(26)8-18(19)27/h5-8,12,14,31,37H,3-4,9-11H2,1-2H3. The summed E-state index contributed by atoms with van der Waals surface area (Å²) in [6.45, 7) is 3.48. The number of benzene rings is 2. The number of alkyl halides is 3. The number of hydrogen-bond donors (Lipinski definition) is 2. The van der Waals surface area contributed by atoms with Crippen molar-refractivity contribution in [1.29, 1.82) is 0 Å². The van der Waals surface area contributed by atoms with Crippen molar-refractivity contribution >= 4 is 39.2 Å². The van der Waals surface area contributed by atoms with Gasteiger partial charge in [0.25, 0.3) is 0 Å². The minimum Gasteiger partial charge on any atom is -0.379 e. The van der Waals surface area contributed by atoms with E-state index in [1.165, 1.54) is 11.7 Å². The number of thiol groups is 1. The van der Waals surface area contributed by atoms with Crippen molar-refractivity contribution in [1.82, 2.24) is 14.9 Å². The Hall–Kier alpha value is -2.41. The summed E-state index contributed by atoms with van der Waals surface area (Å²) in [6, 6.07) is 3.57. The lowest BCUT2D eigenvalue weighted by molar-refractivity contribution is -0.137. The molecule has 6 nitrogen and oxygen atoms in total.